The summed E-state index contributed by atoms with van der Waals surface area (Å²) >= 11 is 1.54. The van der Waals surface area contributed by atoms with Gasteiger partial charge in [0.05, 0.1) is 5.69 Å². The molecule has 0 atom stereocenters. The molecule has 0 aliphatic heterocycles. The Kier molecular flexibility index (Phi) is 4.52. The molecule has 1 N–H and O–H groups in total. The molecule has 0 amide bonds. The first-order valence-electron chi connectivity index (χ1n) is 6.18. The summed E-state index contributed by atoms with van der Waals surface area (Å²) in [6, 6.07) is 5.91. The highest BCUT2D eigenvalue weighted by Crippen LogP contribution is 2.25. The largest absolute Gasteiger partial charge is 0.346 e. The molecule has 0 aromatic carbocycles. The van der Waals surface area contributed by atoms with Crippen molar-refractivity contribution in [2.45, 2.75) is 19.0 Å². The number of thioether (sulfide) groups is 1. The lowest BCUT2D eigenvalue weighted by atomic mass is 10.1. The first-order chi connectivity index (χ1) is 9.38. The molecule has 0 aliphatic carbocycles. The van der Waals surface area contributed by atoms with Crippen molar-refractivity contribution in [3.05, 3.63) is 36.8 Å². The Morgan fingerprint density at radius 2 is 1.84 bits per heavy atom. The fourth-order valence-electron chi connectivity index (χ4n) is 1.77. The number of nitrogens with zero attached hydrogens (tertiary/aromatic N) is 3. The molecular formula is C14H16N4S. The molecule has 3 aromatic rings. The second kappa shape index (κ2) is 6.33. The Morgan fingerprint density at radius 3 is 2.63 bits per heavy atom. The standard InChI is InChI=1S/C12H10N4S.C2H6/c1-17-12-15-7-4-10(16-12)8-2-5-13-11-9(8)3-6-14-11;1-2/h2-7H,1H3,(H,13,14);1-2H3. The van der Waals surface area contributed by atoms with Gasteiger partial charge in [0.1, 0.15) is 5.65 Å². The fraction of sp³-hybridized carbons (Fsp3) is 0.214. The van der Waals surface area contributed by atoms with Crippen LogP contribution in [-0.2, 0) is 0 Å². The molecule has 0 unspecified atom stereocenters. The zero-order chi connectivity index (χ0) is 13.7. The van der Waals surface area contributed by atoms with E-state index < -0.39 is 0 Å². The molecular weight excluding hydrogens is 256 g/mol. The predicted octanol–water partition coefficient (Wildman–Crippen LogP) is 3.77. The van der Waals surface area contributed by atoms with Crippen LogP contribution in [0.5, 0.6) is 0 Å². The summed E-state index contributed by atoms with van der Waals surface area (Å²) in [7, 11) is 0. The fourth-order valence-corrected chi connectivity index (χ4v) is 2.13. The Hall–Kier alpha value is -1.88. The maximum Gasteiger partial charge on any atom is 0.187 e. The van der Waals surface area contributed by atoms with E-state index in [1.807, 2.05) is 44.5 Å². The van der Waals surface area contributed by atoms with Gasteiger partial charge in [-0.05, 0) is 24.5 Å². The van der Waals surface area contributed by atoms with Gasteiger partial charge >= 0.3 is 0 Å². The van der Waals surface area contributed by atoms with Crippen LogP contribution in [0.2, 0.25) is 0 Å². The number of hydrogen-bond acceptors (Lipinski definition) is 4. The molecule has 0 radical (unpaired) electrons. The molecule has 0 fully saturated rings. The molecule has 5 heteroatoms. The number of hydrogen-bond donors (Lipinski definition) is 1. The monoisotopic (exact) mass is 272 g/mol. The van der Waals surface area contributed by atoms with E-state index in [1.54, 1.807) is 12.4 Å². The molecule has 3 aromatic heterocycles. The minimum atomic E-state index is 0.781. The second-order valence-electron chi connectivity index (χ2n) is 3.53. The van der Waals surface area contributed by atoms with E-state index >= 15 is 0 Å². The summed E-state index contributed by atoms with van der Waals surface area (Å²) in [6.45, 7) is 4.00. The van der Waals surface area contributed by atoms with Crippen molar-refractivity contribution in [3.63, 3.8) is 0 Å². The van der Waals surface area contributed by atoms with Crippen LogP contribution in [0.25, 0.3) is 22.3 Å². The summed E-state index contributed by atoms with van der Waals surface area (Å²) in [4.78, 5) is 16.0. The SMILES string of the molecule is CC.CSc1nccc(-c2ccnc3[nH]ccc23)n1. The van der Waals surface area contributed by atoms with Gasteiger partial charge in [0.25, 0.3) is 0 Å². The van der Waals surface area contributed by atoms with Crippen molar-refractivity contribution in [1.29, 1.82) is 0 Å². The third-order valence-corrected chi connectivity index (χ3v) is 3.11. The van der Waals surface area contributed by atoms with E-state index in [0.29, 0.717) is 0 Å². The first-order valence-corrected chi connectivity index (χ1v) is 7.40. The third-order valence-electron chi connectivity index (χ3n) is 2.55. The van der Waals surface area contributed by atoms with Crippen molar-refractivity contribution >= 4 is 22.8 Å². The number of H-pyrrole nitrogens is 1. The highest BCUT2D eigenvalue weighted by atomic mass is 32.2. The molecule has 3 rings (SSSR count). The van der Waals surface area contributed by atoms with Crippen molar-refractivity contribution in [2.75, 3.05) is 6.26 Å². The predicted molar refractivity (Wildman–Crippen MR) is 80.2 cm³/mol. The number of fused-ring (bicyclic) bond motifs is 1. The van der Waals surface area contributed by atoms with E-state index in [1.165, 1.54) is 11.8 Å². The van der Waals surface area contributed by atoms with Gasteiger partial charge in [0, 0.05) is 29.5 Å². The molecule has 98 valence electrons. The molecule has 0 saturated heterocycles. The summed E-state index contributed by atoms with van der Waals surface area (Å²) < 4.78 is 0. The summed E-state index contributed by atoms with van der Waals surface area (Å²) in [5.74, 6) is 0. The zero-order valence-corrected chi connectivity index (χ0v) is 12.0. The van der Waals surface area contributed by atoms with Gasteiger partial charge in [-0.15, -0.1) is 0 Å². The van der Waals surface area contributed by atoms with Gasteiger partial charge < -0.3 is 4.98 Å². The van der Waals surface area contributed by atoms with Gasteiger partial charge in [-0.3, -0.25) is 0 Å². The van der Waals surface area contributed by atoms with E-state index in [9.17, 15) is 0 Å². The van der Waals surface area contributed by atoms with Crippen LogP contribution in [0.3, 0.4) is 0 Å². The number of rotatable bonds is 2. The number of pyridine rings is 1. The van der Waals surface area contributed by atoms with Crippen molar-refractivity contribution in [3.8, 4) is 11.3 Å². The molecule has 0 bridgehead atoms. The molecule has 0 spiro atoms. The maximum atomic E-state index is 4.50. The zero-order valence-electron chi connectivity index (χ0n) is 11.2. The normalized spacial score (nSPS) is 10.1. The molecule has 0 aliphatic rings. The lowest BCUT2D eigenvalue weighted by Gasteiger charge is -2.03. The highest BCUT2D eigenvalue weighted by Gasteiger charge is 2.07. The summed E-state index contributed by atoms with van der Waals surface area (Å²) in [5, 5.41) is 1.86. The van der Waals surface area contributed by atoms with Gasteiger partial charge in [-0.1, -0.05) is 25.6 Å². The number of aromatic amines is 1. The number of aromatic nitrogens is 4. The minimum Gasteiger partial charge on any atom is -0.346 e. The Morgan fingerprint density at radius 1 is 1.05 bits per heavy atom. The van der Waals surface area contributed by atoms with Crippen molar-refractivity contribution in [2.24, 2.45) is 0 Å². The van der Waals surface area contributed by atoms with Gasteiger partial charge in [-0.2, -0.15) is 0 Å². The van der Waals surface area contributed by atoms with Crippen LogP contribution in [0.15, 0.2) is 41.9 Å². The highest BCUT2D eigenvalue weighted by molar-refractivity contribution is 7.98. The smallest absolute Gasteiger partial charge is 0.187 e. The van der Waals surface area contributed by atoms with E-state index in [2.05, 4.69) is 19.9 Å². The van der Waals surface area contributed by atoms with Crippen LogP contribution >= 0.6 is 11.8 Å². The molecule has 4 nitrogen and oxygen atoms in total. The first kappa shape index (κ1) is 13.5. The summed E-state index contributed by atoms with van der Waals surface area (Å²) in [6.07, 6.45) is 7.43. The van der Waals surface area contributed by atoms with Crippen LogP contribution < -0.4 is 0 Å². The van der Waals surface area contributed by atoms with Crippen molar-refractivity contribution < 1.29 is 0 Å². The van der Waals surface area contributed by atoms with E-state index in [-0.39, 0.29) is 0 Å². The van der Waals surface area contributed by atoms with Gasteiger partial charge in [0.15, 0.2) is 5.16 Å². The van der Waals surface area contributed by atoms with Crippen molar-refractivity contribution in [1.82, 2.24) is 19.9 Å². The quantitative estimate of drug-likeness (QED) is 0.570. The van der Waals surface area contributed by atoms with Gasteiger partial charge in [-0.25, -0.2) is 15.0 Å². The maximum absolute atomic E-state index is 4.50. The van der Waals surface area contributed by atoms with Crippen LogP contribution in [0.1, 0.15) is 13.8 Å². The Balaban J connectivity index is 0.000000637. The number of nitrogens with one attached hydrogen (secondary N) is 1. The minimum absolute atomic E-state index is 0.781. The van der Waals surface area contributed by atoms with E-state index in [4.69, 9.17) is 0 Å². The Labute approximate surface area is 116 Å². The van der Waals surface area contributed by atoms with Crippen LogP contribution in [-0.4, -0.2) is 26.2 Å². The third kappa shape index (κ3) is 2.76. The second-order valence-corrected chi connectivity index (χ2v) is 4.30. The molecule has 0 saturated carbocycles. The molecule has 19 heavy (non-hydrogen) atoms. The van der Waals surface area contributed by atoms with Crippen LogP contribution in [0.4, 0.5) is 0 Å². The molecule has 3 heterocycles. The van der Waals surface area contributed by atoms with Gasteiger partial charge in [0.2, 0.25) is 0 Å². The lowest BCUT2D eigenvalue weighted by Crippen LogP contribution is -1.90. The topological polar surface area (TPSA) is 54.5 Å². The van der Waals surface area contributed by atoms with Crippen LogP contribution in [0, 0.1) is 0 Å². The average Bonchev–Trinajstić information content (AvgIpc) is 2.97. The lowest BCUT2D eigenvalue weighted by molar-refractivity contribution is 0.977. The summed E-state index contributed by atoms with van der Waals surface area (Å²) in [5.41, 5.74) is 2.89. The average molecular weight is 272 g/mol. The Bertz CT molecular complexity index is 663. The van der Waals surface area contributed by atoms with E-state index in [0.717, 1.165) is 27.4 Å².